The van der Waals surface area contributed by atoms with Crippen LogP contribution in [-0.2, 0) is 20.9 Å². The summed E-state index contributed by atoms with van der Waals surface area (Å²) in [5.74, 6) is 0.0678. The molecular formula is C13H16O4S. The van der Waals surface area contributed by atoms with Crippen molar-refractivity contribution in [2.24, 2.45) is 0 Å². The largest absolute Gasteiger partial charge is 0.481 e. The summed E-state index contributed by atoms with van der Waals surface area (Å²) in [4.78, 5) is 21.6. The van der Waals surface area contributed by atoms with Crippen LogP contribution >= 0.6 is 11.8 Å². The van der Waals surface area contributed by atoms with E-state index in [1.807, 2.05) is 30.3 Å². The fourth-order valence-electron chi connectivity index (χ4n) is 1.23. The van der Waals surface area contributed by atoms with E-state index in [0.29, 0.717) is 24.5 Å². The molecule has 1 N–H and O–H groups in total. The number of ether oxygens (including phenoxy) is 1. The van der Waals surface area contributed by atoms with Gasteiger partial charge in [0.15, 0.2) is 0 Å². The number of carbonyl (C=O) groups is 2. The monoisotopic (exact) mass is 268 g/mol. The van der Waals surface area contributed by atoms with Crippen LogP contribution in [0.3, 0.4) is 0 Å². The van der Waals surface area contributed by atoms with Crippen LogP contribution in [-0.4, -0.2) is 28.6 Å². The van der Waals surface area contributed by atoms with Crippen molar-refractivity contribution in [3.63, 3.8) is 0 Å². The van der Waals surface area contributed by atoms with E-state index >= 15 is 0 Å². The lowest BCUT2D eigenvalue weighted by Gasteiger charge is -2.04. The minimum atomic E-state index is -0.811. The van der Waals surface area contributed by atoms with Gasteiger partial charge in [0, 0.05) is 11.5 Å². The summed E-state index contributed by atoms with van der Waals surface area (Å²) in [6, 6.07) is 9.49. The van der Waals surface area contributed by atoms with E-state index in [2.05, 4.69) is 0 Å². The van der Waals surface area contributed by atoms with Gasteiger partial charge >= 0.3 is 11.9 Å². The molecule has 18 heavy (non-hydrogen) atoms. The van der Waals surface area contributed by atoms with Gasteiger partial charge in [-0.15, -0.1) is 0 Å². The molecule has 0 aliphatic rings. The number of hydrogen-bond donors (Lipinski definition) is 1. The lowest BCUT2D eigenvalue weighted by molar-refractivity contribution is -0.144. The van der Waals surface area contributed by atoms with Gasteiger partial charge in [0.05, 0.1) is 12.8 Å². The molecule has 0 saturated carbocycles. The minimum absolute atomic E-state index is 0.129. The van der Waals surface area contributed by atoms with Gasteiger partial charge in [-0.1, -0.05) is 30.3 Å². The van der Waals surface area contributed by atoms with Gasteiger partial charge in [0.1, 0.15) is 6.61 Å². The molecule has 0 unspecified atom stereocenters. The average Bonchev–Trinajstić information content (AvgIpc) is 2.37. The highest BCUT2D eigenvalue weighted by molar-refractivity contribution is 7.99. The third kappa shape index (κ3) is 6.96. The highest BCUT2D eigenvalue weighted by Crippen LogP contribution is 2.07. The van der Waals surface area contributed by atoms with Crippen LogP contribution in [0.15, 0.2) is 30.3 Å². The van der Waals surface area contributed by atoms with Gasteiger partial charge in [-0.3, -0.25) is 9.59 Å². The van der Waals surface area contributed by atoms with Crippen molar-refractivity contribution >= 4 is 23.7 Å². The first-order chi connectivity index (χ1) is 8.68. The van der Waals surface area contributed by atoms with Crippen LogP contribution in [0, 0.1) is 0 Å². The van der Waals surface area contributed by atoms with Crippen molar-refractivity contribution in [1.29, 1.82) is 0 Å². The highest BCUT2D eigenvalue weighted by atomic mass is 32.2. The summed E-state index contributed by atoms with van der Waals surface area (Å²) in [5.41, 5.74) is 0.962. The molecule has 1 aromatic rings. The normalized spacial score (nSPS) is 10.0. The molecule has 98 valence electrons. The Bertz CT molecular complexity index is 378. The third-order valence-corrected chi connectivity index (χ3v) is 3.14. The first kappa shape index (κ1) is 14.6. The minimum Gasteiger partial charge on any atom is -0.481 e. The topological polar surface area (TPSA) is 63.6 Å². The quantitative estimate of drug-likeness (QED) is 0.579. The van der Waals surface area contributed by atoms with Crippen LogP contribution in [0.2, 0.25) is 0 Å². The van der Waals surface area contributed by atoms with Crippen LogP contribution < -0.4 is 0 Å². The molecule has 0 amide bonds. The molecule has 0 aliphatic heterocycles. The summed E-state index contributed by atoms with van der Waals surface area (Å²) in [6.45, 7) is 0.291. The first-order valence-electron chi connectivity index (χ1n) is 5.67. The first-order valence-corrected chi connectivity index (χ1v) is 6.83. The average molecular weight is 268 g/mol. The van der Waals surface area contributed by atoms with E-state index in [1.54, 1.807) is 0 Å². The number of carboxylic acids is 1. The van der Waals surface area contributed by atoms with Crippen LogP contribution in [0.25, 0.3) is 0 Å². The predicted octanol–water partition coefficient (Wildman–Crippen LogP) is 2.33. The maximum Gasteiger partial charge on any atom is 0.306 e. The Morgan fingerprint density at radius 3 is 2.44 bits per heavy atom. The van der Waals surface area contributed by atoms with Gasteiger partial charge in [0.25, 0.3) is 0 Å². The lowest BCUT2D eigenvalue weighted by Crippen LogP contribution is -2.06. The molecule has 0 aliphatic carbocycles. The predicted molar refractivity (Wildman–Crippen MR) is 70.4 cm³/mol. The van der Waals surface area contributed by atoms with E-state index in [9.17, 15) is 9.59 Å². The van der Waals surface area contributed by atoms with Gasteiger partial charge in [0.2, 0.25) is 0 Å². The summed E-state index contributed by atoms with van der Waals surface area (Å²) >= 11 is 1.45. The molecular weight excluding hydrogens is 252 g/mol. The van der Waals surface area contributed by atoms with Gasteiger partial charge in [-0.25, -0.2) is 0 Å². The molecule has 0 heterocycles. The maximum atomic E-state index is 11.4. The van der Waals surface area contributed by atoms with Crippen LogP contribution in [0.1, 0.15) is 18.4 Å². The molecule has 5 heteroatoms. The highest BCUT2D eigenvalue weighted by Gasteiger charge is 2.04. The Balaban J connectivity index is 2.06. The van der Waals surface area contributed by atoms with Gasteiger partial charge in [-0.2, -0.15) is 11.8 Å². The van der Waals surface area contributed by atoms with Crippen molar-refractivity contribution in [2.45, 2.75) is 19.4 Å². The molecule has 1 rings (SSSR count). The second-order valence-electron chi connectivity index (χ2n) is 3.65. The van der Waals surface area contributed by atoms with E-state index in [1.165, 1.54) is 11.8 Å². The Morgan fingerprint density at radius 1 is 1.11 bits per heavy atom. The standard InChI is InChI=1S/C13H16O4S/c14-12(15)6-8-18-9-7-13(16)17-10-11-4-2-1-3-5-11/h1-5H,6-10H2,(H,14,15). The second-order valence-corrected chi connectivity index (χ2v) is 4.88. The number of carbonyl (C=O) groups excluding carboxylic acids is 1. The number of esters is 1. The van der Waals surface area contributed by atoms with Gasteiger partial charge < -0.3 is 9.84 Å². The zero-order valence-corrected chi connectivity index (χ0v) is 10.8. The van der Waals surface area contributed by atoms with Crippen molar-refractivity contribution < 1.29 is 19.4 Å². The molecule has 0 spiro atoms. The lowest BCUT2D eigenvalue weighted by atomic mass is 10.2. The number of thioether (sulfide) groups is 1. The van der Waals surface area contributed by atoms with E-state index in [-0.39, 0.29) is 12.4 Å². The van der Waals surface area contributed by atoms with Crippen molar-refractivity contribution in [3.8, 4) is 0 Å². The Morgan fingerprint density at radius 2 is 1.78 bits per heavy atom. The third-order valence-electron chi connectivity index (χ3n) is 2.15. The summed E-state index contributed by atoms with van der Waals surface area (Å²) in [7, 11) is 0. The zero-order valence-electron chi connectivity index (χ0n) is 10.0. The van der Waals surface area contributed by atoms with Gasteiger partial charge in [-0.05, 0) is 5.56 Å². The molecule has 4 nitrogen and oxygen atoms in total. The van der Waals surface area contributed by atoms with Crippen LogP contribution in [0.5, 0.6) is 0 Å². The number of benzene rings is 1. The summed E-state index contributed by atoms with van der Waals surface area (Å²) in [5, 5.41) is 8.43. The number of rotatable bonds is 8. The Hall–Kier alpha value is -1.49. The molecule has 0 atom stereocenters. The Labute approximate surface area is 110 Å². The number of aliphatic carboxylic acids is 1. The van der Waals surface area contributed by atoms with E-state index < -0.39 is 5.97 Å². The van der Waals surface area contributed by atoms with E-state index in [0.717, 1.165) is 5.56 Å². The number of carboxylic acid groups (broad SMARTS) is 1. The Kier molecular flexibility index (Phi) is 6.94. The number of hydrogen-bond acceptors (Lipinski definition) is 4. The van der Waals surface area contributed by atoms with E-state index in [4.69, 9.17) is 9.84 Å². The molecule has 0 fully saturated rings. The fourth-order valence-corrected chi connectivity index (χ4v) is 2.06. The SMILES string of the molecule is O=C(O)CCSCCC(=O)OCc1ccccc1. The molecule has 0 radical (unpaired) electrons. The van der Waals surface area contributed by atoms with Crippen LogP contribution in [0.4, 0.5) is 0 Å². The molecule has 0 bridgehead atoms. The van der Waals surface area contributed by atoms with Crippen molar-refractivity contribution in [2.75, 3.05) is 11.5 Å². The molecule has 0 saturated heterocycles. The summed E-state index contributed by atoms with van der Waals surface area (Å²) in [6.07, 6.45) is 0.445. The van der Waals surface area contributed by atoms with Crippen molar-refractivity contribution in [1.82, 2.24) is 0 Å². The smallest absolute Gasteiger partial charge is 0.306 e. The fraction of sp³-hybridized carbons (Fsp3) is 0.385. The molecule has 1 aromatic carbocycles. The summed E-state index contributed by atoms with van der Waals surface area (Å²) < 4.78 is 5.09. The zero-order chi connectivity index (χ0) is 13.2. The van der Waals surface area contributed by atoms with Crippen molar-refractivity contribution in [3.05, 3.63) is 35.9 Å². The molecule has 0 aromatic heterocycles. The second kappa shape index (κ2) is 8.58. The maximum absolute atomic E-state index is 11.4.